The predicted octanol–water partition coefficient (Wildman–Crippen LogP) is 15.9. The topological polar surface area (TPSA) is 0 Å². The highest BCUT2D eigenvalue weighted by atomic mass is 14.2. The summed E-state index contributed by atoms with van der Waals surface area (Å²) in [4.78, 5) is 0. The number of allylic oxidation sites excluding steroid dienone is 4. The Morgan fingerprint density at radius 1 is 0.339 bits per heavy atom. The maximum atomic E-state index is 4.14. The minimum absolute atomic E-state index is 1.06. The van der Waals surface area contributed by atoms with Gasteiger partial charge in [-0.1, -0.05) is 201 Å². The molecular weight excluding hydrogens is 673 g/mol. The van der Waals surface area contributed by atoms with E-state index in [0.29, 0.717) is 0 Å². The fourth-order valence-corrected chi connectivity index (χ4v) is 8.81. The Labute approximate surface area is 327 Å². The smallest absolute Gasteiger partial charge is 0.00262 e. The highest BCUT2D eigenvalue weighted by molar-refractivity contribution is 6.22. The molecule has 10 aromatic carbocycles. The second-order valence-electron chi connectivity index (χ2n) is 14.5. The first-order valence-electron chi connectivity index (χ1n) is 19.2. The van der Waals surface area contributed by atoms with Crippen LogP contribution in [0.5, 0.6) is 0 Å². The van der Waals surface area contributed by atoms with Crippen LogP contribution < -0.4 is 0 Å². The van der Waals surface area contributed by atoms with E-state index in [1.807, 2.05) is 18.2 Å². The predicted molar refractivity (Wildman–Crippen MR) is 244 cm³/mol. The molecule has 0 bridgehead atoms. The van der Waals surface area contributed by atoms with Gasteiger partial charge in [0, 0.05) is 0 Å². The molecule has 0 fully saturated rings. The Hall–Kier alpha value is -7.28. The maximum absolute atomic E-state index is 4.14. The van der Waals surface area contributed by atoms with Crippen molar-refractivity contribution in [3.8, 4) is 44.5 Å². The summed E-state index contributed by atoms with van der Waals surface area (Å²) in [5.74, 6) is 0. The van der Waals surface area contributed by atoms with Crippen LogP contribution in [0.25, 0.3) is 104 Å². The van der Waals surface area contributed by atoms with E-state index < -0.39 is 0 Å². The quantitative estimate of drug-likeness (QED) is 0.0877. The lowest BCUT2D eigenvalue weighted by Crippen LogP contribution is -1.92. The summed E-state index contributed by atoms with van der Waals surface area (Å²) in [5, 5.41) is 12.4. The van der Waals surface area contributed by atoms with Gasteiger partial charge in [-0.05, 0) is 128 Å². The second-order valence-corrected chi connectivity index (χ2v) is 14.5. The van der Waals surface area contributed by atoms with Crippen LogP contribution in [0.1, 0.15) is 5.56 Å². The lowest BCUT2D eigenvalue weighted by Gasteiger charge is -2.19. The minimum Gasteiger partial charge on any atom is -0.0990 e. The van der Waals surface area contributed by atoms with Crippen LogP contribution in [0.2, 0.25) is 0 Å². The first-order valence-corrected chi connectivity index (χ1v) is 19.2. The summed E-state index contributed by atoms with van der Waals surface area (Å²) in [6.07, 6.45) is 5.80. The van der Waals surface area contributed by atoms with E-state index in [2.05, 4.69) is 201 Å². The molecule has 0 nitrogen and oxygen atoms in total. The minimum atomic E-state index is 1.06. The van der Waals surface area contributed by atoms with Crippen LogP contribution in [0.4, 0.5) is 0 Å². The van der Waals surface area contributed by atoms with E-state index in [4.69, 9.17) is 0 Å². The van der Waals surface area contributed by atoms with Gasteiger partial charge < -0.3 is 0 Å². The van der Waals surface area contributed by atoms with Crippen molar-refractivity contribution in [1.29, 1.82) is 0 Å². The van der Waals surface area contributed by atoms with Crippen molar-refractivity contribution in [3.63, 3.8) is 0 Å². The summed E-state index contributed by atoms with van der Waals surface area (Å²) >= 11 is 0. The van der Waals surface area contributed by atoms with Crippen molar-refractivity contribution in [2.45, 2.75) is 0 Å². The third-order valence-corrected chi connectivity index (χ3v) is 11.4. The second kappa shape index (κ2) is 13.9. The van der Waals surface area contributed by atoms with E-state index >= 15 is 0 Å². The van der Waals surface area contributed by atoms with Gasteiger partial charge in [0.15, 0.2) is 0 Å². The lowest BCUT2D eigenvalue weighted by molar-refractivity contribution is 1.62. The normalized spacial score (nSPS) is 11.8. The zero-order valence-corrected chi connectivity index (χ0v) is 31.0. The van der Waals surface area contributed by atoms with Crippen LogP contribution >= 0.6 is 0 Å². The maximum Gasteiger partial charge on any atom is -0.00262 e. The summed E-state index contributed by atoms with van der Waals surface area (Å²) in [6, 6.07) is 69.0. The molecule has 56 heavy (non-hydrogen) atoms. The van der Waals surface area contributed by atoms with E-state index in [9.17, 15) is 0 Å². The molecule has 0 aliphatic carbocycles. The van der Waals surface area contributed by atoms with Gasteiger partial charge in [0.25, 0.3) is 0 Å². The molecule has 0 saturated heterocycles. The number of hydrogen-bond acceptors (Lipinski definition) is 0. The molecule has 0 aliphatic heterocycles. The number of benzene rings is 10. The highest BCUT2D eigenvalue weighted by Crippen LogP contribution is 2.45. The van der Waals surface area contributed by atoms with Crippen molar-refractivity contribution in [2.75, 3.05) is 0 Å². The van der Waals surface area contributed by atoms with E-state index in [1.165, 1.54) is 98.4 Å². The summed E-state index contributed by atoms with van der Waals surface area (Å²) < 4.78 is 0. The van der Waals surface area contributed by atoms with Crippen LogP contribution in [0.3, 0.4) is 0 Å². The van der Waals surface area contributed by atoms with Gasteiger partial charge in [0.1, 0.15) is 0 Å². The molecule has 0 saturated carbocycles. The van der Waals surface area contributed by atoms with E-state index in [-0.39, 0.29) is 0 Å². The summed E-state index contributed by atoms with van der Waals surface area (Å²) in [6.45, 7) is 8.11. The molecule has 0 aromatic heterocycles. The highest BCUT2D eigenvalue weighted by Gasteiger charge is 2.18. The summed E-state index contributed by atoms with van der Waals surface area (Å²) in [7, 11) is 0. The first-order chi connectivity index (χ1) is 27.7. The van der Waals surface area contributed by atoms with Crippen LogP contribution in [0, 0.1) is 0 Å². The third kappa shape index (κ3) is 5.54. The van der Waals surface area contributed by atoms with Crippen molar-refractivity contribution >= 4 is 59.4 Å². The molecule has 0 aliphatic rings. The van der Waals surface area contributed by atoms with Crippen molar-refractivity contribution in [2.24, 2.45) is 0 Å². The molecule has 0 unspecified atom stereocenters. The molecule has 0 heteroatoms. The molecular formula is C56H38. The molecule has 10 aromatic rings. The van der Waals surface area contributed by atoms with E-state index in [1.54, 1.807) is 0 Å². The Morgan fingerprint density at radius 2 is 0.839 bits per heavy atom. The van der Waals surface area contributed by atoms with Gasteiger partial charge in [-0.3, -0.25) is 0 Å². The Bertz CT molecular complexity index is 3150. The molecule has 10 rings (SSSR count). The third-order valence-electron chi connectivity index (χ3n) is 11.4. The van der Waals surface area contributed by atoms with Gasteiger partial charge >= 0.3 is 0 Å². The largest absolute Gasteiger partial charge is 0.0990 e. The molecule has 0 atom stereocenters. The van der Waals surface area contributed by atoms with Gasteiger partial charge in [-0.15, -0.1) is 0 Å². The molecule has 0 heterocycles. The van der Waals surface area contributed by atoms with Gasteiger partial charge in [0.05, 0.1) is 0 Å². The average molecular weight is 711 g/mol. The van der Waals surface area contributed by atoms with Crippen molar-refractivity contribution in [1.82, 2.24) is 0 Å². The van der Waals surface area contributed by atoms with Crippen molar-refractivity contribution < 1.29 is 0 Å². The number of hydrogen-bond donors (Lipinski definition) is 0. The van der Waals surface area contributed by atoms with Gasteiger partial charge in [-0.2, -0.15) is 0 Å². The monoisotopic (exact) mass is 710 g/mol. The fourth-order valence-electron chi connectivity index (χ4n) is 8.81. The zero-order valence-electron chi connectivity index (χ0n) is 31.0. The Balaban J connectivity index is 1.12. The number of fused-ring (bicyclic) bond motifs is 6. The van der Waals surface area contributed by atoms with E-state index in [0.717, 1.165) is 11.1 Å². The molecule has 0 radical (unpaired) electrons. The average Bonchev–Trinajstić information content (AvgIpc) is 3.27. The lowest BCUT2D eigenvalue weighted by atomic mass is 9.85. The molecule has 0 amide bonds. The van der Waals surface area contributed by atoms with Gasteiger partial charge in [-0.25, -0.2) is 0 Å². The van der Waals surface area contributed by atoms with Crippen LogP contribution in [0.15, 0.2) is 219 Å². The zero-order chi connectivity index (χ0) is 37.6. The molecule has 0 spiro atoms. The SMILES string of the molecule is C=C/C=C(\C=C)c1cc2c(-c3ccc(-c4c5ccccc5c(-c5cccc(-c6ccc7ccccc7c6)c5)c5ccccc45)cc3)cccc2c2ccccc12. The Morgan fingerprint density at radius 3 is 1.52 bits per heavy atom. The van der Waals surface area contributed by atoms with Gasteiger partial charge in [0.2, 0.25) is 0 Å². The molecule has 262 valence electrons. The van der Waals surface area contributed by atoms with Crippen LogP contribution in [-0.4, -0.2) is 0 Å². The van der Waals surface area contributed by atoms with Crippen molar-refractivity contribution in [3.05, 3.63) is 225 Å². The Kier molecular flexibility index (Phi) is 8.24. The van der Waals surface area contributed by atoms with Crippen LogP contribution in [-0.2, 0) is 0 Å². The first kappa shape index (κ1) is 33.3. The fraction of sp³-hybridized carbons (Fsp3) is 0. The molecule has 0 N–H and O–H groups in total. The summed E-state index contributed by atoms with van der Waals surface area (Å²) in [5.41, 5.74) is 12.0. The number of rotatable bonds is 7. The standard InChI is InChI=1S/C56H38/c1-3-15-37(4-2)53-36-54-45(26-14-27-48(54)46-20-7-8-21-47(46)53)39-29-31-40(32-30-39)55-49-22-9-11-24-51(49)56(52-25-12-10-23-50(52)55)44-19-13-18-42(35-44)43-33-28-38-16-5-6-17-41(38)34-43/h3-36H,1-2H2/b37-15+.